The molecule has 1 aliphatic carbocycles. The predicted molar refractivity (Wildman–Crippen MR) is 72.7 cm³/mol. The monoisotopic (exact) mass is 225 g/mol. The Morgan fingerprint density at radius 1 is 1.00 bits per heavy atom. The van der Waals surface area contributed by atoms with Crippen LogP contribution in [0.2, 0.25) is 0 Å². The Kier molecular flexibility index (Phi) is 6.41. The van der Waals surface area contributed by atoms with Crippen LogP contribution in [0.4, 0.5) is 0 Å². The highest BCUT2D eigenvalue weighted by Gasteiger charge is 2.18. The minimum atomic E-state index is 0.750. The van der Waals surface area contributed by atoms with Gasteiger partial charge in [-0.3, -0.25) is 0 Å². The second kappa shape index (κ2) is 7.32. The number of rotatable bonds is 8. The van der Waals surface area contributed by atoms with Crippen molar-refractivity contribution in [1.82, 2.24) is 5.32 Å². The molecule has 0 aromatic heterocycles. The molecule has 0 saturated heterocycles. The van der Waals surface area contributed by atoms with Gasteiger partial charge in [0.15, 0.2) is 0 Å². The fourth-order valence-corrected chi connectivity index (χ4v) is 2.67. The maximum atomic E-state index is 3.78. The molecule has 1 rings (SSSR count). The zero-order valence-electron chi connectivity index (χ0n) is 11.8. The molecule has 0 heterocycles. The lowest BCUT2D eigenvalue weighted by molar-refractivity contribution is 0.277. The van der Waals surface area contributed by atoms with Crippen molar-refractivity contribution in [3.8, 4) is 0 Å². The van der Waals surface area contributed by atoms with Gasteiger partial charge in [-0.1, -0.05) is 47.0 Å². The summed E-state index contributed by atoms with van der Waals surface area (Å²) in [6.07, 6.45) is 8.53. The van der Waals surface area contributed by atoms with Gasteiger partial charge in [-0.2, -0.15) is 0 Å². The zero-order valence-corrected chi connectivity index (χ0v) is 11.8. The highest BCUT2D eigenvalue weighted by molar-refractivity contribution is 4.74. The molecular formula is C15H31N. The van der Waals surface area contributed by atoms with Crippen molar-refractivity contribution >= 4 is 0 Å². The van der Waals surface area contributed by atoms with Crippen LogP contribution in [0, 0.1) is 17.8 Å². The first-order valence-corrected chi connectivity index (χ1v) is 7.31. The maximum Gasteiger partial charge on any atom is 0.00719 e. The molecule has 0 amide bonds. The molecule has 1 fully saturated rings. The fraction of sp³-hybridized carbons (Fsp3) is 1.00. The van der Waals surface area contributed by atoms with Crippen LogP contribution < -0.4 is 5.32 Å². The van der Waals surface area contributed by atoms with E-state index in [9.17, 15) is 0 Å². The third-order valence-electron chi connectivity index (χ3n) is 3.72. The molecule has 1 saturated carbocycles. The van der Waals surface area contributed by atoms with Gasteiger partial charge in [-0.15, -0.1) is 0 Å². The first-order chi connectivity index (χ1) is 7.58. The maximum absolute atomic E-state index is 3.78. The average molecular weight is 225 g/mol. The Morgan fingerprint density at radius 3 is 1.94 bits per heavy atom. The van der Waals surface area contributed by atoms with E-state index in [-0.39, 0.29) is 0 Å². The van der Waals surface area contributed by atoms with Crippen LogP contribution in [-0.2, 0) is 0 Å². The zero-order chi connectivity index (χ0) is 12.0. The van der Waals surface area contributed by atoms with E-state index in [1.807, 2.05) is 0 Å². The molecule has 0 aromatic rings. The van der Waals surface area contributed by atoms with Gasteiger partial charge in [0.1, 0.15) is 0 Å². The Bertz CT molecular complexity index is 160. The Labute approximate surface area is 102 Å². The lowest BCUT2D eigenvalue weighted by atomic mass is 9.83. The van der Waals surface area contributed by atoms with E-state index in [1.54, 1.807) is 0 Å². The van der Waals surface area contributed by atoms with Gasteiger partial charge in [0, 0.05) is 6.04 Å². The van der Waals surface area contributed by atoms with Crippen LogP contribution in [-0.4, -0.2) is 12.6 Å². The van der Waals surface area contributed by atoms with Crippen LogP contribution in [0.5, 0.6) is 0 Å². The first-order valence-electron chi connectivity index (χ1n) is 7.31. The molecule has 0 spiro atoms. The lowest BCUT2D eigenvalue weighted by Crippen LogP contribution is -2.34. The van der Waals surface area contributed by atoms with Gasteiger partial charge < -0.3 is 5.32 Å². The van der Waals surface area contributed by atoms with Crippen molar-refractivity contribution in [2.75, 3.05) is 6.54 Å². The first kappa shape index (κ1) is 14.0. The topological polar surface area (TPSA) is 12.0 Å². The van der Waals surface area contributed by atoms with E-state index in [4.69, 9.17) is 0 Å². The van der Waals surface area contributed by atoms with Crippen molar-refractivity contribution in [2.45, 2.75) is 72.3 Å². The molecule has 0 bridgehead atoms. The standard InChI is InChI=1S/C15H31N/c1-12(2)10-15(11-13(3)4)16-9-8-14-6-5-7-14/h12-16H,5-11H2,1-4H3. The molecule has 0 unspecified atom stereocenters. The van der Waals surface area contributed by atoms with Crippen molar-refractivity contribution in [3.05, 3.63) is 0 Å². The molecule has 1 aliphatic rings. The minimum Gasteiger partial charge on any atom is -0.314 e. The summed E-state index contributed by atoms with van der Waals surface area (Å²) in [5, 5.41) is 3.78. The second-order valence-corrected chi connectivity index (χ2v) is 6.50. The van der Waals surface area contributed by atoms with E-state index in [0.717, 1.165) is 23.8 Å². The normalized spacial score (nSPS) is 17.4. The summed E-state index contributed by atoms with van der Waals surface area (Å²) < 4.78 is 0. The summed E-state index contributed by atoms with van der Waals surface area (Å²) in [6, 6.07) is 0.750. The largest absolute Gasteiger partial charge is 0.314 e. The molecular weight excluding hydrogens is 194 g/mol. The van der Waals surface area contributed by atoms with Crippen LogP contribution in [0.3, 0.4) is 0 Å². The third-order valence-corrected chi connectivity index (χ3v) is 3.72. The summed E-state index contributed by atoms with van der Waals surface area (Å²) in [7, 11) is 0. The minimum absolute atomic E-state index is 0.750. The van der Waals surface area contributed by atoms with E-state index in [0.29, 0.717) is 0 Å². The van der Waals surface area contributed by atoms with E-state index in [1.165, 1.54) is 45.1 Å². The van der Waals surface area contributed by atoms with Gasteiger partial charge in [-0.05, 0) is 43.6 Å². The van der Waals surface area contributed by atoms with Crippen molar-refractivity contribution in [3.63, 3.8) is 0 Å². The van der Waals surface area contributed by atoms with Gasteiger partial charge in [-0.25, -0.2) is 0 Å². The lowest BCUT2D eigenvalue weighted by Gasteiger charge is -2.27. The van der Waals surface area contributed by atoms with Gasteiger partial charge in [0.25, 0.3) is 0 Å². The number of hydrogen-bond donors (Lipinski definition) is 1. The summed E-state index contributed by atoms with van der Waals surface area (Å²) >= 11 is 0. The Hall–Kier alpha value is -0.0400. The summed E-state index contributed by atoms with van der Waals surface area (Å²) in [5.41, 5.74) is 0. The third kappa shape index (κ3) is 5.89. The van der Waals surface area contributed by atoms with Crippen molar-refractivity contribution in [2.24, 2.45) is 17.8 Å². The second-order valence-electron chi connectivity index (χ2n) is 6.50. The van der Waals surface area contributed by atoms with Crippen molar-refractivity contribution < 1.29 is 0 Å². The van der Waals surface area contributed by atoms with Crippen LogP contribution in [0.15, 0.2) is 0 Å². The fourth-order valence-electron chi connectivity index (χ4n) is 2.67. The Balaban J connectivity index is 2.14. The van der Waals surface area contributed by atoms with Crippen LogP contribution >= 0.6 is 0 Å². The van der Waals surface area contributed by atoms with Gasteiger partial charge in [0.2, 0.25) is 0 Å². The molecule has 1 N–H and O–H groups in total. The van der Waals surface area contributed by atoms with Gasteiger partial charge in [0.05, 0.1) is 0 Å². The molecule has 0 aromatic carbocycles. The summed E-state index contributed by atoms with van der Waals surface area (Å²) in [4.78, 5) is 0. The average Bonchev–Trinajstić information content (AvgIpc) is 2.06. The molecule has 0 aliphatic heterocycles. The van der Waals surface area contributed by atoms with Crippen LogP contribution in [0.25, 0.3) is 0 Å². The van der Waals surface area contributed by atoms with Crippen LogP contribution in [0.1, 0.15) is 66.2 Å². The highest BCUT2D eigenvalue weighted by Crippen LogP contribution is 2.28. The van der Waals surface area contributed by atoms with E-state index in [2.05, 4.69) is 33.0 Å². The van der Waals surface area contributed by atoms with E-state index < -0.39 is 0 Å². The predicted octanol–water partition coefficient (Wildman–Crippen LogP) is 4.23. The summed E-state index contributed by atoms with van der Waals surface area (Å²) in [5.74, 6) is 2.69. The quantitative estimate of drug-likeness (QED) is 0.652. The molecule has 1 heteroatoms. The Morgan fingerprint density at radius 2 is 1.56 bits per heavy atom. The van der Waals surface area contributed by atoms with E-state index >= 15 is 0 Å². The molecule has 96 valence electrons. The highest BCUT2D eigenvalue weighted by atomic mass is 14.9. The smallest absolute Gasteiger partial charge is 0.00719 e. The number of nitrogens with one attached hydrogen (secondary N) is 1. The number of hydrogen-bond acceptors (Lipinski definition) is 1. The SMILES string of the molecule is CC(C)CC(CC(C)C)NCCC1CCC1. The molecule has 1 nitrogen and oxygen atoms in total. The molecule has 0 atom stereocenters. The van der Waals surface area contributed by atoms with Gasteiger partial charge >= 0.3 is 0 Å². The van der Waals surface area contributed by atoms with Crippen molar-refractivity contribution in [1.29, 1.82) is 0 Å². The molecule has 0 radical (unpaired) electrons. The summed E-state index contributed by atoms with van der Waals surface area (Å²) in [6.45, 7) is 10.6. The molecule has 16 heavy (non-hydrogen) atoms.